The average Bonchev–Trinajstić information content (AvgIpc) is 3.25. The quantitative estimate of drug-likeness (QED) is 0.795. The molecule has 1 saturated heterocycles. The van der Waals surface area contributed by atoms with E-state index >= 15 is 0 Å². The largest absolute Gasteiger partial charge is 0.495 e. The van der Waals surface area contributed by atoms with Crippen LogP contribution in [0.5, 0.6) is 17.4 Å². The molecule has 1 fully saturated rings. The smallest absolute Gasteiger partial charge is 0.224 e. The van der Waals surface area contributed by atoms with Crippen molar-refractivity contribution >= 4 is 10.9 Å². The first kappa shape index (κ1) is 12.7. The summed E-state index contributed by atoms with van der Waals surface area (Å²) in [6.45, 7) is 4.03. The second-order valence-corrected chi connectivity index (χ2v) is 5.90. The molecule has 0 bridgehead atoms. The SMILES string of the molecule is COc1c2c(nc3c(OC)cccc13)OC(C)(C)[C@@H]1O[C@H]21. The number of rotatable bonds is 2. The molecule has 2 aliphatic heterocycles. The van der Waals surface area contributed by atoms with Gasteiger partial charge in [0.2, 0.25) is 5.88 Å². The van der Waals surface area contributed by atoms with Gasteiger partial charge < -0.3 is 18.9 Å². The molecule has 5 nitrogen and oxygen atoms in total. The Labute approximate surface area is 122 Å². The van der Waals surface area contributed by atoms with E-state index in [1.165, 1.54) is 0 Å². The number of hydrogen-bond donors (Lipinski definition) is 0. The van der Waals surface area contributed by atoms with Gasteiger partial charge in [-0.25, -0.2) is 4.98 Å². The molecule has 1 aromatic heterocycles. The van der Waals surface area contributed by atoms with Gasteiger partial charge in [-0.05, 0) is 26.0 Å². The van der Waals surface area contributed by atoms with E-state index in [-0.39, 0.29) is 17.8 Å². The Balaban J connectivity index is 2.04. The van der Waals surface area contributed by atoms with E-state index < -0.39 is 0 Å². The highest BCUT2D eigenvalue weighted by atomic mass is 16.6. The van der Waals surface area contributed by atoms with Gasteiger partial charge in [0.15, 0.2) is 0 Å². The van der Waals surface area contributed by atoms with Crippen LogP contribution in [0, 0.1) is 0 Å². The lowest BCUT2D eigenvalue weighted by atomic mass is 9.94. The highest BCUT2D eigenvalue weighted by Crippen LogP contribution is 2.57. The first-order chi connectivity index (χ1) is 10.1. The zero-order chi connectivity index (χ0) is 14.8. The third kappa shape index (κ3) is 1.64. The maximum absolute atomic E-state index is 6.05. The molecule has 1 aromatic carbocycles. The van der Waals surface area contributed by atoms with Crippen molar-refractivity contribution in [2.24, 2.45) is 0 Å². The first-order valence-electron chi connectivity index (χ1n) is 6.96. The Morgan fingerprint density at radius 1 is 1.19 bits per heavy atom. The molecule has 0 saturated carbocycles. The number of aromatic nitrogens is 1. The Morgan fingerprint density at radius 2 is 2.00 bits per heavy atom. The van der Waals surface area contributed by atoms with Crippen LogP contribution in [0.3, 0.4) is 0 Å². The van der Waals surface area contributed by atoms with Gasteiger partial charge in [0, 0.05) is 5.39 Å². The molecule has 0 amide bonds. The van der Waals surface area contributed by atoms with Crippen molar-refractivity contribution in [1.82, 2.24) is 4.98 Å². The standard InChI is InChI=1S/C16H17NO4/c1-16(2)14-13(20-14)10-12(19-4)8-6-5-7-9(18-3)11(8)17-15(10)21-16/h5-7,13-14H,1-4H3/t13-,14-/m1/s1. The highest BCUT2D eigenvalue weighted by molar-refractivity contribution is 5.92. The highest BCUT2D eigenvalue weighted by Gasteiger charge is 2.58. The summed E-state index contributed by atoms with van der Waals surface area (Å²) >= 11 is 0. The van der Waals surface area contributed by atoms with Crippen molar-refractivity contribution < 1.29 is 18.9 Å². The number of methoxy groups -OCH3 is 2. The maximum atomic E-state index is 6.05. The minimum Gasteiger partial charge on any atom is -0.495 e. The van der Waals surface area contributed by atoms with Crippen LogP contribution in [-0.4, -0.2) is 30.9 Å². The maximum Gasteiger partial charge on any atom is 0.224 e. The number of pyridine rings is 1. The molecule has 2 aliphatic rings. The van der Waals surface area contributed by atoms with Gasteiger partial charge in [-0.2, -0.15) is 0 Å². The second-order valence-electron chi connectivity index (χ2n) is 5.90. The molecule has 0 spiro atoms. The summed E-state index contributed by atoms with van der Waals surface area (Å²) in [5, 5.41) is 0.910. The number of fused-ring (bicyclic) bond motifs is 4. The summed E-state index contributed by atoms with van der Waals surface area (Å²) in [5.41, 5.74) is 1.26. The first-order valence-corrected chi connectivity index (χ1v) is 6.96. The predicted molar refractivity (Wildman–Crippen MR) is 77.2 cm³/mol. The molecule has 2 aromatic rings. The molecule has 110 valence electrons. The van der Waals surface area contributed by atoms with Gasteiger partial charge in [0.25, 0.3) is 0 Å². The van der Waals surface area contributed by atoms with E-state index in [1.54, 1.807) is 14.2 Å². The van der Waals surface area contributed by atoms with Gasteiger partial charge >= 0.3 is 0 Å². The average molecular weight is 287 g/mol. The lowest BCUT2D eigenvalue weighted by molar-refractivity contribution is 0.0673. The number of epoxide rings is 1. The van der Waals surface area contributed by atoms with Crippen molar-refractivity contribution in [3.63, 3.8) is 0 Å². The Bertz CT molecular complexity index is 741. The number of benzene rings is 1. The van der Waals surface area contributed by atoms with Crippen molar-refractivity contribution in [2.75, 3.05) is 14.2 Å². The molecule has 0 N–H and O–H groups in total. The Kier molecular flexibility index (Phi) is 2.43. The Hall–Kier alpha value is -2.01. The summed E-state index contributed by atoms with van der Waals surface area (Å²) in [7, 11) is 3.29. The number of hydrogen-bond acceptors (Lipinski definition) is 5. The van der Waals surface area contributed by atoms with Gasteiger partial charge in [-0.3, -0.25) is 0 Å². The van der Waals surface area contributed by atoms with Gasteiger partial charge in [-0.15, -0.1) is 0 Å². The molecule has 2 atom stereocenters. The zero-order valence-electron chi connectivity index (χ0n) is 12.5. The van der Waals surface area contributed by atoms with Crippen LogP contribution in [0.2, 0.25) is 0 Å². The minimum absolute atomic E-state index is 0.00167. The van der Waals surface area contributed by atoms with E-state index in [2.05, 4.69) is 4.98 Å². The van der Waals surface area contributed by atoms with Crippen molar-refractivity contribution in [1.29, 1.82) is 0 Å². The van der Waals surface area contributed by atoms with E-state index in [0.717, 1.165) is 22.2 Å². The molecular weight excluding hydrogens is 270 g/mol. The van der Waals surface area contributed by atoms with Gasteiger partial charge in [0.1, 0.15) is 34.8 Å². The van der Waals surface area contributed by atoms with Crippen LogP contribution in [0.1, 0.15) is 25.5 Å². The van der Waals surface area contributed by atoms with Gasteiger partial charge in [0.05, 0.1) is 19.8 Å². The van der Waals surface area contributed by atoms with Crippen LogP contribution in [-0.2, 0) is 4.74 Å². The summed E-state index contributed by atoms with van der Waals surface area (Å²) < 4.78 is 22.9. The monoisotopic (exact) mass is 287 g/mol. The fourth-order valence-corrected chi connectivity index (χ4v) is 3.11. The van der Waals surface area contributed by atoms with E-state index in [0.29, 0.717) is 11.6 Å². The van der Waals surface area contributed by atoms with Crippen LogP contribution in [0.15, 0.2) is 18.2 Å². The van der Waals surface area contributed by atoms with Crippen molar-refractivity contribution in [2.45, 2.75) is 31.7 Å². The molecule has 3 heterocycles. The molecule has 5 heteroatoms. The fourth-order valence-electron chi connectivity index (χ4n) is 3.11. The number of ether oxygens (including phenoxy) is 4. The minimum atomic E-state index is -0.384. The predicted octanol–water partition coefficient (Wildman–Crippen LogP) is 2.86. The summed E-state index contributed by atoms with van der Waals surface area (Å²) in [4.78, 5) is 4.66. The summed E-state index contributed by atoms with van der Waals surface area (Å²) in [6.07, 6.45) is 0.0607. The third-order valence-electron chi connectivity index (χ3n) is 4.18. The molecule has 21 heavy (non-hydrogen) atoms. The van der Waals surface area contributed by atoms with Gasteiger partial charge in [-0.1, -0.05) is 6.07 Å². The number of nitrogens with zero attached hydrogens (tertiary/aromatic N) is 1. The Morgan fingerprint density at radius 3 is 2.71 bits per heavy atom. The molecule has 0 aliphatic carbocycles. The van der Waals surface area contributed by atoms with Crippen LogP contribution in [0.4, 0.5) is 0 Å². The third-order valence-corrected chi connectivity index (χ3v) is 4.18. The topological polar surface area (TPSA) is 53.1 Å². The molecular formula is C16H17NO4. The second kappa shape index (κ2) is 4.01. The van der Waals surface area contributed by atoms with Crippen LogP contribution in [0.25, 0.3) is 10.9 Å². The van der Waals surface area contributed by atoms with Crippen LogP contribution >= 0.6 is 0 Å². The van der Waals surface area contributed by atoms with E-state index in [4.69, 9.17) is 18.9 Å². The summed E-state index contributed by atoms with van der Waals surface area (Å²) in [6, 6.07) is 5.78. The van der Waals surface area contributed by atoms with Crippen molar-refractivity contribution in [3.05, 3.63) is 23.8 Å². The van der Waals surface area contributed by atoms with Crippen LogP contribution < -0.4 is 14.2 Å². The molecule has 0 radical (unpaired) electrons. The summed E-state index contributed by atoms with van der Waals surface area (Å²) in [5.74, 6) is 2.04. The molecule has 0 unspecified atom stereocenters. The molecule has 4 rings (SSSR count). The number of para-hydroxylation sites is 1. The normalized spacial score (nSPS) is 24.8. The van der Waals surface area contributed by atoms with E-state index in [9.17, 15) is 0 Å². The van der Waals surface area contributed by atoms with E-state index in [1.807, 2.05) is 32.0 Å². The zero-order valence-corrected chi connectivity index (χ0v) is 12.5. The van der Waals surface area contributed by atoms with Crippen molar-refractivity contribution in [3.8, 4) is 17.4 Å². The lowest BCUT2D eigenvalue weighted by Gasteiger charge is -2.29. The lowest BCUT2D eigenvalue weighted by Crippen LogP contribution is -2.38. The fraction of sp³-hybridized carbons (Fsp3) is 0.438.